The number of aliphatic hydroxyl groups is 1. The van der Waals surface area contributed by atoms with Gasteiger partial charge in [-0.3, -0.25) is 0 Å². The Kier molecular flexibility index (Phi) is 9.58. The standard InChI is InChI=1S/C20H26O5S/c1-5-24-19(22)17(21)11-12-18(20(23)25-6-2)26-13-15-7-9-16(10-8-15)14(3)4/h7-12,14,21H,5-6,13H2,1-4H3/b17-11-,18-12-. The van der Waals surface area contributed by atoms with E-state index in [0.717, 1.165) is 11.6 Å². The molecule has 0 bridgehead atoms. The Morgan fingerprint density at radius 2 is 1.62 bits per heavy atom. The summed E-state index contributed by atoms with van der Waals surface area (Å²) in [6, 6.07) is 8.19. The van der Waals surface area contributed by atoms with Gasteiger partial charge in [0.1, 0.15) is 0 Å². The monoisotopic (exact) mass is 378 g/mol. The fourth-order valence-corrected chi connectivity index (χ4v) is 2.82. The quantitative estimate of drug-likeness (QED) is 0.295. The number of rotatable bonds is 9. The second-order valence-electron chi connectivity index (χ2n) is 5.71. The zero-order valence-electron chi connectivity index (χ0n) is 15.7. The summed E-state index contributed by atoms with van der Waals surface area (Å²) < 4.78 is 9.72. The van der Waals surface area contributed by atoms with Crippen LogP contribution < -0.4 is 0 Å². The van der Waals surface area contributed by atoms with E-state index in [4.69, 9.17) is 9.47 Å². The number of carbonyl (C=O) groups is 2. The molecule has 0 heterocycles. The van der Waals surface area contributed by atoms with Gasteiger partial charge >= 0.3 is 11.9 Å². The predicted octanol–water partition coefficient (Wildman–Crippen LogP) is 4.50. The first kappa shape index (κ1) is 21.8. The number of aliphatic hydroxyl groups excluding tert-OH is 1. The van der Waals surface area contributed by atoms with Crippen LogP contribution in [0, 0.1) is 0 Å². The SMILES string of the molecule is CCOC(=O)/C(O)=C/C=C(\SCc1ccc(C(C)C)cc1)C(=O)OCC. The summed E-state index contributed by atoms with van der Waals surface area (Å²) in [7, 11) is 0. The molecule has 0 aliphatic rings. The van der Waals surface area contributed by atoms with E-state index in [9.17, 15) is 14.7 Å². The zero-order chi connectivity index (χ0) is 19.5. The Balaban J connectivity index is 2.86. The Morgan fingerprint density at radius 3 is 2.15 bits per heavy atom. The molecule has 0 fully saturated rings. The zero-order valence-corrected chi connectivity index (χ0v) is 16.5. The minimum absolute atomic E-state index is 0.159. The van der Waals surface area contributed by atoms with E-state index in [1.54, 1.807) is 13.8 Å². The van der Waals surface area contributed by atoms with Gasteiger partial charge in [-0.15, -0.1) is 11.8 Å². The van der Waals surface area contributed by atoms with E-state index in [0.29, 0.717) is 16.6 Å². The number of benzene rings is 1. The van der Waals surface area contributed by atoms with Crippen molar-refractivity contribution in [3.05, 3.63) is 58.2 Å². The maximum atomic E-state index is 12.1. The number of hydrogen-bond donors (Lipinski definition) is 1. The lowest BCUT2D eigenvalue weighted by molar-refractivity contribution is -0.141. The minimum Gasteiger partial charge on any atom is -0.502 e. The van der Waals surface area contributed by atoms with Gasteiger partial charge in [-0.05, 0) is 43.0 Å². The predicted molar refractivity (Wildman–Crippen MR) is 104 cm³/mol. The molecule has 0 unspecified atom stereocenters. The van der Waals surface area contributed by atoms with Gasteiger partial charge in [0.05, 0.1) is 18.1 Å². The van der Waals surface area contributed by atoms with Gasteiger partial charge in [-0.1, -0.05) is 38.1 Å². The van der Waals surface area contributed by atoms with Gasteiger partial charge in [-0.2, -0.15) is 0 Å². The molecule has 1 aromatic carbocycles. The van der Waals surface area contributed by atoms with Crippen molar-refractivity contribution in [3.8, 4) is 0 Å². The first-order valence-corrected chi connectivity index (χ1v) is 9.54. The molecule has 6 heteroatoms. The van der Waals surface area contributed by atoms with Crippen LogP contribution in [0.5, 0.6) is 0 Å². The normalized spacial score (nSPS) is 12.2. The molecule has 0 aromatic heterocycles. The fourth-order valence-electron chi connectivity index (χ4n) is 1.96. The van der Waals surface area contributed by atoms with Gasteiger partial charge in [0.25, 0.3) is 0 Å². The first-order valence-electron chi connectivity index (χ1n) is 8.55. The summed E-state index contributed by atoms with van der Waals surface area (Å²) in [5, 5.41) is 9.66. The summed E-state index contributed by atoms with van der Waals surface area (Å²) in [6.45, 7) is 8.03. The van der Waals surface area contributed by atoms with E-state index in [1.807, 2.05) is 12.1 Å². The summed E-state index contributed by atoms with van der Waals surface area (Å²) in [6.07, 6.45) is 2.52. The molecule has 26 heavy (non-hydrogen) atoms. The molecule has 1 aromatic rings. The van der Waals surface area contributed by atoms with Gasteiger partial charge in [0.2, 0.25) is 5.76 Å². The summed E-state index contributed by atoms with van der Waals surface area (Å²) in [5.74, 6) is -0.861. The highest BCUT2D eigenvalue weighted by atomic mass is 32.2. The highest BCUT2D eigenvalue weighted by molar-refractivity contribution is 8.03. The minimum atomic E-state index is -0.832. The largest absolute Gasteiger partial charge is 0.502 e. The van der Waals surface area contributed by atoms with Gasteiger partial charge in [0, 0.05) is 5.75 Å². The number of hydrogen-bond acceptors (Lipinski definition) is 6. The lowest BCUT2D eigenvalue weighted by Gasteiger charge is -2.08. The van der Waals surface area contributed by atoms with E-state index in [-0.39, 0.29) is 13.2 Å². The molecule has 0 atom stereocenters. The topological polar surface area (TPSA) is 72.8 Å². The van der Waals surface area contributed by atoms with Crippen molar-refractivity contribution in [1.82, 2.24) is 0 Å². The molecular weight excluding hydrogens is 352 g/mol. The van der Waals surface area contributed by atoms with Crippen LogP contribution in [0.25, 0.3) is 0 Å². The second kappa shape index (κ2) is 11.4. The van der Waals surface area contributed by atoms with Crippen LogP contribution in [-0.4, -0.2) is 30.3 Å². The molecule has 0 radical (unpaired) electrons. The lowest BCUT2D eigenvalue weighted by atomic mass is 10.0. The summed E-state index contributed by atoms with van der Waals surface area (Å²) >= 11 is 1.28. The van der Waals surface area contributed by atoms with Crippen LogP contribution in [-0.2, 0) is 24.8 Å². The molecular formula is C20H26O5S. The third kappa shape index (κ3) is 7.35. The van der Waals surface area contributed by atoms with Crippen LogP contribution in [0.2, 0.25) is 0 Å². The first-order chi connectivity index (χ1) is 12.4. The van der Waals surface area contributed by atoms with Gasteiger partial charge in [0.15, 0.2) is 0 Å². The van der Waals surface area contributed by atoms with E-state index in [2.05, 4.69) is 26.0 Å². The van der Waals surface area contributed by atoms with E-state index >= 15 is 0 Å². The van der Waals surface area contributed by atoms with E-state index in [1.165, 1.54) is 23.4 Å². The van der Waals surface area contributed by atoms with Gasteiger partial charge < -0.3 is 14.6 Å². The van der Waals surface area contributed by atoms with Crippen molar-refractivity contribution in [1.29, 1.82) is 0 Å². The second-order valence-corrected chi connectivity index (χ2v) is 6.73. The molecule has 0 spiro atoms. The smallest absolute Gasteiger partial charge is 0.373 e. The third-order valence-electron chi connectivity index (χ3n) is 3.39. The van der Waals surface area contributed by atoms with Crippen molar-refractivity contribution >= 4 is 23.7 Å². The molecule has 1 rings (SSSR count). The number of ether oxygens (including phenoxy) is 2. The molecule has 0 saturated heterocycles. The van der Waals surface area contributed by atoms with Gasteiger partial charge in [-0.25, -0.2) is 9.59 Å². The van der Waals surface area contributed by atoms with Crippen molar-refractivity contribution in [2.24, 2.45) is 0 Å². The molecule has 1 N–H and O–H groups in total. The maximum Gasteiger partial charge on any atom is 0.373 e. The van der Waals surface area contributed by atoms with Crippen molar-refractivity contribution < 1.29 is 24.2 Å². The van der Waals surface area contributed by atoms with Crippen LogP contribution in [0.1, 0.15) is 44.7 Å². The molecule has 0 aliphatic carbocycles. The lowest BCUT2D eigenvalue weighted by Crippen LogP contribution is -2.08. The highest BCUT2D eigenvalue weighted by Gasteiger charge is 2.13. The molecule has 0 aliphatic heterocycles. The molecule has 142 valence electrons. The van der Waals surface area contributed by atoms with Crippen LogP contribution in [0.15, 0.2) is 47.1 Å². The molecule has 0 amide bonds. The summed E-state index contributed by atoms with van der Waals surface area (Å²) in [5.41, 5.74) is 2.32. The number of thioether (sulfide) groups is 1. The Morgan fingerprint density at radius 1 is 1.04 bits per heavy atom. The number of allylic oxidation sites excluding steroid dienone is 2. The van der Waals surface area contributed by atoms with Crippen LogP contribution in [0.3, 0.4) is 0 Å². The van der Waals surface area contributed by atoms with Crippen LogP contribution in [0.4, 0.5) is 0 Å². The average molecular weight is 378 g/mol. The number of esters is 2. The third-order valence-corrected chi connectivity index (χ3v) is 4.49. The fraction of sp³-hybridized carbons (Fsp3) is 0.400. The molecule has 0 saturated carbocycles. The van der Waals surface area contributed by atoms with Crippen molar-refractivity contribution in [2.45, 2.75) is 39.4 Å². The number of carbonyl (C=O) groups excluding carboxylic acids is 2. The summed E-state index contributed by atoms with van der Waals surface area (Å²) in [4.78, 5) is 23.8. The highest BCUT2D eigenvalue weighted by Crippen LogP contribution is 2.24. The van der Waals surface area contributed by atoms with Crippen molar-refractivity contribution in [3.63, 3.8) is 0 Å². The van der Waals surface area contributed by atoms with Crippen molar-refractivity contribution in [2.75, 3.05) is 13.2 Å². The Labute approximate surface area is 159 Å². The van der Waals surface area contributed by atoms with E-state index < -0.39 is 17.7 Å². The Hall–Kier alpha value is -2.21. The maximum absolute atomic E-state index is 12.1. The van der Waals surface area contributed by atoms with Crippen LogP contribution >= 0.6 is 11.8 Å². The molecule has 5 nitrogen and oxygen atoms in total. The average Bonchev–Trinajstić information content (AvgIpc) is 2.62. The Bertz CT molecular complexity index is 659.